The molecular formula is C12H15ClN2O. The Hall–Kier alpha value is -1.06. The van der Waals surface area contributed by atoms with Gasteiger partial charge in [0.15, 0.2) is 0 Å². The monoisotopic (exact) mass is 238 g/mol. The number of hydrogen-bond acceptors (Lipinski definition) is 2. The number of halogens is 1. The fraction of sp³-hybridized carbons (Fsp3) is 0.417. The number of nitrogens with one attached hydrogen (secondary N) is 1. The molecular weight excluding hydrogens is 224 g/mol. The molecule has 1 aromatic carbocycles. The average Bonchev–Trinajstić information content (AvgIpc) is 2.65. The van der Waals surface area contributed by atoms with Crippen molar-refractivity contribution in [2.45, 2.75) is 31.3 Å². The van der Waals surface area contributed by atoms with E-state index in [0.717, 1.165) is 19.3 Å². The highest BCUT2D eigenvalue weighted by Crippen LogP contribution is 2.19. The lowest BCUT2D eigenvalue weighted by atomic mass is 10.1. The Bertz CT molecular complexity index is 394. The van der Waals surface area contributed by atoms with Crippen molar-refractivity contribution in [3.05, 3.63) is 34.9 Å². The first-order valence-electron chi connectivity index (χ1n) is 5.49. The van der Waals surface area contributed by atoms with E-state index >= 15 is 0 Å². The smallest absolute Gasteiger partial charge is 0.253 e. The number of carbonyl (C=O) groups excluding carboxylic acids is 1. The first kappa shape index (κ1) is 11.4. The van der Waals surface area contributed by atoms with E-state index in [-0.39, 0.29) is 18.0 Å². The normalized spacial score (nSPS) is 24.4. The fourth-order valence-corrected chi connectivity index (χ4v) is 2.28. The zero-order valence-corrected chi connectivity index (χ0v) is 9.70. The molecule has 1 aromatic rings. The largest absolute Gasteiger partial charge is 0.348 e. The van der Waals surface area contributed by atoms with Crippen LogP contribution >= 0.6 is 11.6 Å². The van der Waals surface area contributed by atoms with Gasteiger partial charge in [-0.1, -0.05) is 23.7 Å². The molecule has 0 aromatic heterocycles. The molecule has 0 bridgehead atoms. The van der Waals surface area contributed by atoms with Gasteiger partial charge >= 0.3 is 0 Å². The molecule has 0 aliphatic heterocycles. The number of hydrogen-bond donors (Lipinski definition) is 2. The molecule has 1 fully saturated rings. The highest BCUT2D eigenvalue weighted by atomic mass is 35.5. The van der Waals surface area contributed by atoms with Crippen LogP contribution in [0.5, 0.6) is 0 Å². The maximum atomic E-state index is 11.9. The first-order valence-corrected chi connectivity index (χ1v) is 5.87. The number of nitrogens with two attached hydrogens (primary N) is 1. The van der Waals surface area contributed by atoms with E-state index in [1.165, 1.54) is 0 Å². The van der Waals surface area contributed by atoms with Gasteiger partial charge in [0, 0.05) is 12.1 Å². The maximum Gasteiger partial charge on any atom is 0.253 e. The Kier molecular flexibility index (Phi) is 3.46. The summed E-state index contributed by atoms with van der Waals surface area (Å²) in [5.41, 5.74) is 6.41. The molecule has 0 spiro atoms. The van der Waals surface area contributed by atoms with Crippen LogP contribution in [0, 0.1) is 0 Å². The highest BCUT2D eigenvalue weighted by Gasteiger charge is 2.25. The fourth-order valence-electron chi connectivity index (χ4n) is 2.06. The van der Waals surface area contributed by atoms with Crippen molar-refractivity contribution in [3.8, 4) is 0 Å². The van der Waals surface area contributed by atoms with Crippen molar-refractivity contribution in [1.29, 1.82) is 0 Å². The molecule has 16 heavy (non-hydrogen) atoms. The molecule has 1 aliphatic rings. The van der Waals surface area contributed by atoms with E-state index in [1.54, 1.807) is 24.3 Å². The van der Waals surface area contributed by atoms with E-state index in [4.69, 9.17) is 17.3 Å². The Morgan fingerprint density at radius 3 is 2.75 bits per heavy atom. The molecule has 4 heteroatoms. The van der Waals surface area contributed by atoms with Gasteiger partial charge in [-0.2, -0.15) is 0 Å². The van der Waals surface area contributed by atoms with Crippen LogP contribution in [0.2, 0.25) is 5.02 Å². The van der Waals surface area contributed by atoms with Crippen molar-refractivity contribution >= 4 is 17.5 Å². The summed E-state index contributed by atoms with van der Waals surface area (Å²) in [5.74, 6) is -0.132. The van der Waals surface area contributed by atoms with E-state index in [2.05, 4.69) is 5.32 Å². The summed E-state index contributed by atoms with van der Waals surface area (Å²) < 4.78 is 0. The summed E-state index contributed by atoms with van der Waals surface area (Å²) in [4.78, 5) is 11.9. The summed E-state index contributed by atoms with van der Waals surface area (Å²) in [5, 5.41) is 3.42. The van der Waals surface area contributed by atoms with Crippen LogP contribution < -0.4 is 11.1 Å². The lowest BCUT2D eigenvalue weighted by molar-refractivity contribution is 0.0935. The van der Waals surface area contributed by atoms with Gasteiger partial charge in [0.1, 0.15) is 0 Å². The number of carbonyl (C=O) groups is 1. The third-order valence-corrected chi connectivity index (χ3v) is 3.33. The third kappa shape index (κ3) is 2.36. The number of benzene rings is 1. The zero-order chi connectivity index (χ0) is 11.5. The van der Waals surface area contributed by atoms with Crippen LogP contribution in [0.3, 0.4) is 0 Å². The molecule has 3 nitrogen and oxygen atoms in total. The molecule has 0 saturated heterocycles. The minimum absolute atomic E-state index is 0.0754. The minimum atomic E-state index is -0.132. The summed E-state index contributed by atoms with van der Waals surface area (Å²) in [6.45, 7) is 0. The van der Waals surface area contributed by atoms with Gasteiger partial charge in [0.2, 0.25) is 0 Å². The number of rotatable bonds is 2. The Morgan fingerprint density at radius 2 is 2.12 bits per heavy atom. The summed E-state index contributed by atoms with van der Waals surface area (Å²) in [6.07, 6.45) is 3.01. The Morgan fingerprint density at radius 1 is 1.38 bits per heavy atom. The Balaban J connectivity index is 2.06. The van der Waals surface area contributed by atoms with Gasteiger partial charge < -0.3 is 11.1 Å². The molecule has 1 amide bonds. The molecule has 0 radical (unpaired) electrons. The summed E-state index contributed by atoms with van der Waals surface area (Å²) in [7, 11) is 0. The second-order valence-corrected chi connectivity index (χ2v) is 4.56. The second kappa shape index (κ2) is 4.85. The summed E-state index contributed by atoms with van der Waals surface area (Å²) >= 11 is 5.95. The molecule has 1 aliphatic carbocycles. The van der Waals surface area contributed by atoms with Gasteiger partial charge in [-0.15, -0.1) is 0 Å². The van der Waals surface area contributed by atoms with Crippen LogP contribution in [-0.4, -0.2) is 18.0 Å². The Labute approximate surface area is 100.0 Å². The van der Waals surface area contributed by atoms with Crippen molar-refractivity contribution < 1.29 is 4.79 Å². The van der Waals surface area contributed by atoms with Crippen molar-refractivity contribution in [1.82, 2.24) is 5.32 Å². The van der Waals surface area contributed by atoms with Gasteiger partial charge in [-0.3, -0.25) is 4.79 Å². The minimum Gasteiger partial charge on any atom is -0.348 e. The van der Waals surface area contributed by atoms with E-state index in [1.807, 2.05) is 0 Å². The molecule has 2 rings (SSSR count). The molecule has 0 unspecified atom stereocenters. The topological polar surface area (TPSA) is 55.1 Å². The lowest BCUT2D eigenvalue weighted by Gasteiger charge is -2.17. The SMILES string of the molecule is N[C@H]1CCC[C@@H]1NC(=O)c1ccccc1Cl. The van der Waals surface area contributed by atoms with Gasteiger partial charge in [0.05, 0.1) is 10.6 Å². The molecule has 3 N–H and O–H groups in total. The van der Waals surface area contributed by atoms with Crippen LogP contribution in [0.1, 0.15) is 29.6 Å². The quantitative estimate of drug-likeness (QED) is 0.828. The van der Waals surface area contributed by atoms with Gasteiger partial charge in [0.25, 0.3) is 5.91 Å². The lowest BCUT2D eigenvalue weighted by Crippen LogP contribution is -2.44. The number of amides is 1. The second-order valence-electron chi connectivity index (χ2n) is 4.15. The van der Waals surface area contributed by atoms with Crippen molar-refractivity contribution in [2.75, 3.05) is 0 Å². The predicted molar refractivity (Wildman–Crippen MR) is 64.5 cm³/mol. The van der Waals surface area contributed by atoms with Crippen LogP contribution in [-0.2, 0) is 0 Å². The molecule has 2 atom stereocenters. The van der Waals surface area contributed by atoms with Crippen molar-refractivity contribution in [2.24, 2.45) is 5.73 Å². The zero-order valence-electron chi connectivity index (χ0n) is 8.95. The predicted octanol–water partition coefficient (Wildman–Crippen LogP) is 1.95. The van der Waals surface area contributed by atoms with Gasteiger partial charge in [-0.25, -0.2) is 0 Å². The molecule has 86 valence electrons. The highest BCUT2D eigenvalue weighted by molar-refractivity contribution is 6.33. The van der Waals surface area contributed by atoms with E-state index < -0.39 is 0 Å². The van der Waals surface area contributed by atoms with Gasteiger partial charge in [-0.05, 0) is 31.4 Å². The van der Waals surface area contributed by atoms with E-state index in [9.17, 15) is 4.79 Å². The van der Waals surface area contributed by atoms with Crippen LogP contribution in [0.15, 0.2) is 24.3 Å². The van der Waals surface area contributed by atoms with Crippen molar-refractivity contribution in [3.63, 3.8) is 0 Å². The van der Waals surface area contributed by atoms with E-state index in [0.29, 0.717) is 10.6 Å². The standard InChI is InChI=1S/C12H15ClN2O/c13-9-5-2-1-4-8(9)12(16)15-11-7-3-6-10(11)14/h1-2,4-5,10-11H,3,6-7,14H2,(H,15,16)/t10-,11-/m0/s1. The van der Waals surface area contributed by atoms with Crippen LogP contribution in [0.4, 0.5) is 0 Å². The molecule has 0 heterocycles. The van der Waals surface area contributed by atoms with Crippen LogP contribution in [0.25, 0.3) is 0 Å². The maximum absolute atomic E-state index is 11.9. The first-order chi connectivity index (χ1) is 7.68. The molecule has 1 saturated carbocycles. The summed E-state index contributed by atoms with van der Waals surface area (Å²) in [6, 6.07) is 7.20. The average molecular weight is 239 g/mol. The third-order valence-electron chi connectivity index (χ3n) is 3.00.